The summed E-state index contributed by atoms with van der Waals surface area (Å²) in [4.78, 5) is 26.4. The minimum atomic E-state index is -0.797. The summed E-state index contributed by atoms with van der Waals surface area (Å²) in [6.45, 7) is 6.50. The van der Waals surface area contributed by atoms with Crippen LogP contribution >= 0.6 is 0 Å². The van der Waals surface area contributed by atoms with Gasteiger partial charge in [-0.2, -0.15) is 0 Å². The Morgan fingerprint density at radius 1 is 1.26 bits per heavy atom. The van der Waals surface area contributed by atoms with Crippen LogP contribution in [0.15, 0.2) is 0 Å². The first-order valence-corrected chi connectivity index (χ1v) is 6.82. The first-order chi connectivity index (χ1) is 9.06. The average molecular weight is 271 g/mol. The molecule has 1 aliphatic rings. The van der Waals surface area contributed by atoms with Crippen LogP contribution in [-0.2, 0) is 4.79 Å². The highest BCUT2D eigenvalue weighted by Crippen LogP contribution is 2.10. The van der Waals surface area contributed by atoms with Crippen molar-refractivity contribution in [2.24, 2.45) is 11.5 Å². The van der Waals surface area contributed by atoms with E-state index in [1.807, 2.05) is 4.90 Å². The first kappa shape index (κ1) is 15.9. The van der Waals surface area contributed by atoms with Crippen molar-refractivity contribution < 1.29 is 9.59 Å². The Kier molecular flexibility index (Phi) is 6.75. The van der Waals surface area contributed by atoms with E-state index in [0.717, 1.165) is 39.0 Å². The van der Waals surface area contributed by atoms with Gasteiger partial charge in [-0.3, -0.25) is 19.9 Å². The van der Waals surface area contributed by atoms with Gasteiger partial charge in [-0.15, -0.1) is 0 Å². The van der Waals surface area contributed by atoms with Crippen LogP contribution in [0.2, 0.25) is 0 Å². The van der Waals surface area contributed by atoms with Crippen molar-refractivity contribution in [3.63, 3.8) is 0 Å². The monoisotopic (exact) mass is 271 g/mol. The number of rotatable bonds is 6. The summed E-state index contributed by atoms with van der Waals surface area (Å²) in [7, 11) is 0. The number of amides is 3. The number of primary amides is 1. The molecule has 0 aromatic heterocycles. The molecule has 3 amide bonds. The Morgan fingerprint density at radius 2 is 1.89 bits per heavy atom. The van der Waals surface area contributed by atoms with E-state index in [4.69, 9.17) is 11.5 Å². The summed E-state index contributed by atoms with van der Waals surface area (Å²) >= 11 is 0. The number of carbonyl (C=O) groups excluding carboxylic acids is 2. The normalized spacial score (nSPS) is 19.1. The highest BCUT2D eigenvalue weighted by Gasteiger charge is 2.23. The van der Waals surface area contributed by atoms with Gasteiger partial charge in [0.15, 0.2) is 0 Å². The molecule has 1 saturated heterocycles. The van der Waals surface area contributed by atoms with Gasteiger partial charge in [0.2, 0.25) is 5.91 Å². The van der Waals surface area contributed by atoms with Crippen LogP contribution in [0.1, 0.15) is 19.8 Å². The van der Waals surface area contributed by atoms with Gasteiger partial charge in [0, 0.05) is 38.8 Å². The summed E-state index contributed by atoms with van der Waals surface area (Å²) in [6.07, 6.45) is 2.24. The highest BCUT2D eigenvalue weighted by molar-refractivity contribution is 5.94. The number of nitrogens with zero attached hydrogens (tertiary/aromatic N) is 2. The predicted octanol–water partition coefficient (Wildman–Crippen LogP) is -1.07. The van der Waals surface area contributed by atoms with Crippen molar-refractivity contribution in [3.8, 4) is 0 Å². The smallest absolute Gasteiger partial charge is 0.318 e. The Balaban J connectivity index is 2.32. The van der Waals surface area contributed by atoms with Crippen LogP contribution in [0.4, 0.5) is 4.79 Å². The van der Waals surface area contributed by atoms with Crippen LogP contribution in [0.25, 0.3) is 0 Å². The molecular weight excluding hydrogens is 246 g/mol. The number of imide groups is 1. The second-order valence-electron chi connectivity index (χ2n) is 4.90. The number of urea groups is 1. The summed E-state index contributed by atoms with van der Waals surface area (Å²) < 4.78 is 0. The predicted molar refractivity (Wildman–Crippen MR) is 73.5 cm³/mol. The summed E-state index contributed by atoms with van der Waals surface area (Å²) in [5, 5.41) is 2.08. The summed E-state index contributed by atoms with van der Waals surface area (Å²) in [5.74, 6) is -0.343. The molecule has 7 heteroatoms. The van der Waals surface area contributed by atoms with Crippen LogP contribution in [0.3, 0.4) is 0 Å². The molecule has 7 nitrogen and oxygen atoms in total. The Labute approximate surface area is 114 Å². The lowest BCUT2D eigenvalue weighted by Crippen LogP contribution is -2.54. The second kappa shape index (κ2) is 8.08. The van der Waals surface area contributed by atoms with E-state index in [-0.39, 0.29) is 12.5 Å². The van der Waals surface area contributed by atoms with Crippen LogP contribution < -0.4 is 16.8 Å². The van der Waals surface area contributed by atoms with Gasteiger partial charge in [-0.1, -0.05) is 13.3 Å². The fraction of sp³-hybridized carbons (Fsp3) is 0.833. The van der Waals surface area contributed by atoms with Crippen molar-refractivity contribution in [2.45, 2.75) is 25.8 Å². The minimum absolute atomic E-state index is 0.220. The van der Waals surface area contributed by atoms with Gasteiger partial charge in [0.1, 0.15) is 0 Å². The molecule has 0 bridgehead atoms. The molecular formula is C12H25N5O2. The molecule has 19 heavy (non-hydrogen) atoms. The molecule has 1 unspecified atom stereocenters. The zero-order valence-corrected chi connectivity index (χ0v) is 11.6. The van der Waals surface area contributed by atoms with Crippen molar-refractivity contribution in [2.75, 3.05) is 39.3 Å². The third-order valence-electron chi connectivity index (χ3n) is 3.45. The molecule has 0 aromatic carbocycles. The molecule has 0 aromatic rings. The standard InChI is InChI=1S/C12H25N5O2/c1-2-3-10(8-13)17-6-4-16(5-7-17)9-11(18)15-12(14)19/h10H,2-9,13H2,1H3,(H3,14,15,18,19). The lowest BCUT2D eigenvalue weighted by Gasteiger charge is -2.38. The maximum Gasteiger partial charge on any atom is 0.318 e. The maximum atomic E-state index is 11.4. The van der Waals surface area contributed by atoms with Gasteiger partial charge in [-0.25, -0.2) is 4.79 Å². The van der Waals surface area contributed by atoms with Crippen LogP contribution in [0, 0.1) is 0 Å². The van der Waals surface area contributed by atoms with Crippen LogP contribution in [-0.4, -0.2) is 67.0 Å². The number of piperazine rings is 1. The Morgan fingerprint density at radius 3 is 2.37 bits per heavy atom. The highest BCUT2D eigenvalue weighted by atomic mass is 16.2. The number of nitrogens with two attached hydrogens (primary N) is 2. The van der Waals surface area contributed by atoms with E-state index in [9.17, 15) is 9.59 Å². The fourth-order valence-corrected chi connectivity index (χ4v) is 2.45. The van der Waals surface area contributed by atoms with E-state index < -0.39 is 6.03 Å². The third kappa shape index (κ3) is 5.54. The van der Waals surface area contributed by atoms with E-state index in [1.54, 1.807) is 0 Å². The molecule has 0 aliphatic carbocycles. The topological polar surface area (TPSA) is 105 Å². The van der Waals surface area contributed by atoms with Crippen molar-refractivity contribution in [1.29, 1.82) is 0 Å². The van der Waals surface area contributed by atoms with Crippen molar-refractivity contribution in [1.82, 2.24) is 15.1 Å². The third-order valence-corrected chi connectivity index (χ3v) is 3.45. The second-order valence-corrected chi connectivity index (χ2v) is 4.90. The molecule has 1 atom stereocenters. The number of hydrogen-bond acceptors (Lipinski definition) is 5. The average Bonchev–Trinajstić information content (AvgIpc) is 2.36. The van der Waals surface area contributed by atoms with E-state index in [0.29, 0.717) is 12.6 Å². The largest absolute Gasteiger partial charge is 0.351 e. The van der Waals surface area contributed by atoms with Gasteiger partial charge < -0.3 is 11.5 Å². The molecule has 110 valence electrons. The molecule has 0 saturated carbocycles. The van der Waals surface area contributed by atoms with Crippen molar-refractivity contribution in [3.05, 3.63) is 0 Å². The number of hydrogen-bond donors (Lipinski definition) is 3. The summed E-state index contributed by atoms with van der Waals surface area (Å²) in [6, 6.07) is -0.360. The Hall–Kier alpha value is -1.18. The fourth-order valence-electron chi connectivity index (χ4n) is 2.45. The lowest BCUT2D eigenvalue weighted by molar-refractivity contribution is -0.121. The lowest BCUT2D eigenvalue weighted by atomic mass is 10.1. The van der Waals surface area contributed by atoms with E-state index >= 15 is 0 Å². The number of carbonyl (C=O) groups is 2. The SMILES string of the molecule is CCCC(CN)N1CCN(CC(=O)NC(N)=O)CC1. The van der Waals surface area contributed by atoms with Crippen molar-refractivity contribution >= 4 is 11.9 Å². The minimum Gasteiger partial charge on any atom is -0.351 e. The van der Waals surface area contributed by atoms with Gasteiger partial charge in [-0.05, 0) is 6.42 Å². The van der Waals surface area contributed by atoms with Gasteiger partial charge in [0.05, 0.1) is 6.54 Å². The molecule has 1 rings (SSSR count). The number of nitrogens with one attached hydrogen (secondary N) is 1. The van der Waals surface area contributed by atoms with E-state index in [2.05, 4.69) is 17.1 Å². The molecule has 5 N–H and O–H groups in total. The van der Waals surface area contributed by atoms with Gasteiger partial charge in [0.25, 0.3) is 0 Å². The van der Waals surface area contributed by atoms with Crippen LogP contribution in [0.5, 0.6) is 0 Å². The zero-order chi connectivity index (χ0) is 14.3. The molecule has 1 aliphatic heterocycles. The quantitative estimate of drug-likeness (QED) is 0.570. The molecule has 1 fully saturated rings. The first-order valence-electron chi connectivity index (χ1n) is 6.82. The van der Waals surface area contributed by atoms with E-state index in [1.165, 1.54) is 0 Å². The summed E-state index contributed by atoms with van der Waals surface area (Å²) in [5.41, 5.74) is 10.7. The van der Waals surface area contributed by atoms with Gasteiger partial charge >= 0.3 is 6.03 Å². The molecule has 0 spiro atoms. The zero-order valence-electron chi connectivity index (χ0n) is 11.6. The maximum absolute atomic E-state index is 11.4. The molecule has 1 heterocycles. The Bertz CT molecular complexity index is 302. The molecule has 0 radical (unpaired) electrons.